The van der Waals surface area contributed by atoms with Crippen molar-refractivity contribution in [3.8, 4) is 17.4 Å². The first kappa shape index (κ1) is 13.9. The SMILES string of the molecule is C=C(C)C(=C)Oc1ncnc2cc(OC)c(OC)cc12. The van der Waals surface area contributed by atoms with Gasteiger partial charge in [-0.1, -0.05) is 13.2 Å². The molecule has 1 aromatic heterocycles. The molecule has 0 spiro atoms. The number of aromatic nitrogens is 2. The average molecular weight is 272 g/mol. The lowest BCUT2D eigenvalue weighted by molar-refractivity contribution is 0.355. The van der Waals surface area contributed by atoms with Crippen molar-refractivity contribution in [2.45, 2.75) is 6.92 Å². The zero-order valence-electron chi connectivity index (χ0n) is 11.8. The van der Waals surface area contributed by atoms with Crippen LogP contribution in [-0.4, -0.2) is 24.2 Å². The molecular weight excluding hydrogens is 256 g/mol. The molecule has 0 radical (unpaired) electrons. The van der Waals surface area contributed by atoms with Crippen molar-refractivity contribution < 1.29 is 14.2 Å². The Bertz CT molecular complexity index is 680. The average Bonchev–Trinajstić information content (AvgIpc) is 2.45. The fourth-order valence-corrected chi connectivity index (χ4v) is 1.64. The molecule has 2 aromatic rings. The van der Waals surface area contributed by atoms with Crippen molar-refractivity contribution in [1.82, 2.24) is 9.97 Å². The first-order valence-corrected chi connectivity index (χ1v) is 5.96. The van der Waals surface area contributed by atoms with E-state index < -0.39 is 0 Å². The standard InChI is InChI=1S/C15H16N2O3/c1-9(2)10(3)20-15-11-6-13(18-4)14(19-5)7-12(11)16-8-17-15/h6-8H,1,3H2,2,4-5H3. The zero-order chi connectivity index (χ0) is 14.7. The molecule has 5 nitrogen and oxygen atoms in total. The minimum Gasteiger partial charge on any atom is -0.493 e. The molecule has 0 bridgehead atoms. The fourth-order valence-electron chi connectivity index (χ4n) is 1.64. The largest absolute Gasteiger partial charge is 0.493 e. The summed E-state index contributed by atoms with van der Waals surface area (Å²) in [4.78, 5) is 8.33. The maximum Gasteiger partial charge on any atom is 0.230 e. The highest BCUT2D eigenvalue weighted by Gasteiger charge is 2.12. The third-order valence-electron chi connectivity index (χ3n) is 2.80. The van der Waals surface area contributed by atoms with Crippen LogP contribution in [0, 0.1) is 0 Å². The van der Waals surface area contributed by atoms with Gasteiger partial charge in [0.15, 0.2) is 11.5 Å². The van der Waals surface area contributed by atoms with Crippen molar-refractivity contribution in [2.75, 3.05) is 14.2 Å². The maximum atomic E-state index is 5.62. The van der Waals surface area contributed by atoms with Crippen LogP contribution in [0.25, 0.3) is 10.9 Å². The predicted molar refractivity (Wildman–Crippen MR) is 77.2 cm³/mol. The fraction of sp³-hybridized carbons (Fsp3) is 0.200. The van der Waals surface area contributed by atoms with Crippen LogP contribution in [0.5, 0.6) is 17.4 Å². The lowest BCUT2D eigenvalue weighted by atomic mass is 10.2. The van der Waals surface area contributed by atoms with Gasteiger partial charge in [0.25, 0.3) is 0 Å². The van der Waals surface area contributed by atoms with Crippen LogP contribution >= 0.6 is 0 Å². The molecule has 0 fully saturated rings. The summed E-state index contributed by atoms with van der Waals surface area (Å²) < 4.78 is 16.1. The van der Waals surface area contributed by atoms with Gasteiger partial charge in [-0.2, -0.15) is 0 Å². The quantitative estimate of drug-likeness (QED) is 0.618. The number of hydrogen-bond acceptors (Lipinski definition) is 5. The Balaban J connectivity index is 2.56. The molecule has 0 aliphatic carbocycles. The molecule has 0 atom stereocenters. The van der Waals surface area contributed by atoms with E-state index in [1.54, 1.807) is 26.4 Å². The van der Waals surface area contributed by atoms with Crippen molar-refractivity contribution in [3.05, 3.63) is 43.0 Å². The highest BCUT2D eigenvalue weighted by atomic mass is 16.5. The maximum absolute atomic E-state index is 5.62. The molecule has 2 rings (SSSR count). The Morgan fingerprint density at radius 3 is 2.30 bits per heavy atom. The molecule has 0 unspecified atom stereocenters. The van der Waals surface area contributed by atoms with Crippen LogP contribution in [0.2, 0.25) is 0 Å². The topological polar surface area (TPSA) is 53.5 Å². The lowest BCUT2D eigenvalue weighted by Crippen LogP contribution is -1.99. The van der Waals surface area contributed by atoms with Crippen LogP contribution in [0.3, 0.4) is 0 Å². The van der Waals surface area contributed by atoms with Crippen LogP contribution in [0.1, 0.15) is 6.92 Å². The molecule has 1 heterocycles. The van der Waals surface area contributed by atoms with Gasteiger partial charge in [-0.25, -0.2) is 9.97 Å². The van der Waals surface area contributed by atoms with Gasteiger partial charge in [-0.15, -0.1) is 0 Å². The number of nitrogens with zero attached hydrogens (tertiary/aromatic N) is 2. The van der Waals surface area contributed by atoms with E-state index in [1.165, 1.54) is 6.33 Å². The van der Waals surface area contributed by atoms with E-state index >= 15 is 0 Å². The minimum atomic E-state index is 0.406. The van der Waals surface area contributed by atoms with Gasteiger partial charge in [0.1, 0.15) is 12.1 Å². The van der Waals surface area contributed by atoms with Crippen LogP contribution in [0.15, 0.2) is 43.0 Å². The second kappa shape index (κ2) is 5.61. The molecule has 104 valence electrons. The number of allylic oxidation sites excluding steroid dienone is 1. The summed E-state index contributed by atoms with van der Waals surface area (Å²) in [5, 5.41) is 0.715. The molecular formula is C15H16N2O3. The smallest absolute Gasteiger partial charge is 0.230 e. The first-order chi connectivity index (χ1) is 9.56. The third-order valence-corrected chi connectivity index (χ3v) is 2.80. The van der Waals surface area contributed by atoms with E-state index in [4.69, 9.17) is 14.2 Å². The zero-order valence-corrected chi connectivity index (χ0v) is 11.8. The van der Waals surface area contributed by atoms with Gasteiger partial charge in [-0.05, 0) is 18.6 Å². The van der Waals surface area contributed by atoms with Gasteiger partial charge in [0, 0.05) is 6.07 Å². The minimum absolute atomic E-state index is 0.406. The van der Waals surface area contributed by atoms with E-state index in [2.05, 4.69) is 23.1 Å². The summed E-state index contributed by atoms with van der Waals surface area (Å²) in [6.45, 7) is 9.39. The first-order valence-electron chi connectivity index (χ1n) is 5.96. The molecule has 0 saturated carbocycles. The summed E-state index contributed by atoms with van der Waals surface area (Å²) in [7, 11) is 3.14. The monoisotopic (exact) mass is 272 g/mol. The van der Waals surface area contributed by atoms with Crippen molar-refractivity contribution >= 4 is 10.9 Å². The number of rotatable bonds is 5. The Kier molecular flexibility index (Phi) is 3.89. The second-order valence-electron chi connectivity index (χ2n) is 4.21. The van der Waals surface area contributed by atoms with Crippen molar-refractivity contribution in [3.63, 3.8) is 0 Å². The number of hydrogen-bond donors (Lipinski definition) is 0. The van der Waals surface area contributed by atoms with Gasteiger partial charge in [0.05, 0.1) is 25.1 Å². The van der Waals surface area contributed by atoms with Gasteiger partial charge in [0.2, 0.25) is 5.88 Å². The van der Waals surface area contributed by atoms with Gasteiger partial charge < -0.3 is 14.2 Å². The van der Waals surface area contributed by atoms with Gasteiger partial charge in [-0.3, -0.25) is 0 Å². The van der Waals surface area contributed by atoms with Crippen molar-refractivity contribution in [2.24, 2.45) is 0 Å². The molecule has 0 N–H and O–H groups in total. The molecule has 0 saturated heterocycles. The number of methoxy groups -OCH3 is 2. The molecule has 5 heteroatoms. The summed E-state index contributed by atoms with van der Waals surface area (Å²) in [5.41, 5.74) is 1.43. The highest BCUT2D eigenvalue weighted by Crippen LogP contribution is 2.34. The number of fused-ring (bicyclic) bond motifs is 1. The summed E-state index contributed by atoms with van der Waals surface area (Å²) in [5.74, 6) is 2.05. The second-order valence-corrected chi connectivity index (χ2v) is 4.21. The number of benzene rings is 1. The summed E-state index contributed by atoms with van der Waals surface area (Å²) in [6, 6.07) is 3.54. The van der Waals surface area contributed by atoms with E-state index in [0.29, 0.717) is 34.0 Å². The normalized spacial score (nSPS) is 10.2. The Morgan fingerprint density at radius 2 is 1.70 bits per heavy atom. The molecule has 20 heavy (non-hydrogen) atoms. The molecule has 0 aliphatic rings. The van der Waals surface area contributed by atoms with E-state index in [-0.39, 0.29) is 0 Å². The molecule has 0 aliphatic heterocycles. The van der Waals surface area contributed by atoms with Crippen molar-refractivity contribution in [1.29, 1.82) is 0 Å². The highest BCUT2D eigenvalue weighted by molar-refractivity contribution is 5.86. The Labute approximate surface area is 117 Å². The van der Waals surface area contributed by atoms with E-state index in [9.17, 15) is 0 Å². The predicted octanol–water partition coefficient (Wildman–Crippen LogP) is 3.12. The Morgan fingerprint density at radius 1 is 1.05 bits per heavy atom. The van der Waals surface area contributed by atoms with Gasteiger partial charge >= 0.3 is 0 Å². The molecule has 1 aromatic carbocycles. The third kappa shape index (κ3) is 2.56. The lowest BCUT2D eigenvalue weighted by Gasteiger charge is -2.12. The van der Waals surface area contributed by atoms with E-state index in [1.807, 2.05) is 6.92 Å². The van der Waals surface area contributed by atoms with Crippen LogP contribution in [0.4, 0.5) is 0 Å². The molecule has 0 amide bonds. The Hall–Kier alpha value is -2.56. The number of ether oxygens (including phenoxy) is 3. The van der Waals surface area contributed by atoms with Crippen LogP contribution < -0.4 is 14.2 Å². The van der Waals surface area contributed by atoms with Crippen LogP contribution in [-0.2, 0) is 0 Å². The summed E-state index contributed by atoms with van der Waals surface area (Å²) >= 11 is 0. The summed E-state index contributed by atoms with van der Waals surface area (Å²) in [6.07, 6.45) is 1.43. The van der Waals surface area contributed by atoms with E-state index in [0.717, 1.165) is 5.57 Å².